The molecule has 0 saturated carbocycles. The Balaban J connectivity index is 2.69. The Hall–Kier alpha value is -1.76. The minimum atomic E-state index is -0.599. The first-order valence-electron chi connectivity index (χ1n) is 7.47. The Morgan fingerprint density at radius 3 is 2.61 bits per heavy atom. The molecule has 1 rings (SSSR count). The van der Waals surface area contributed by atoms with Crippen molar-refractivity contribution < 1.29 is 23.8 Å². The zero-order chi connectivity index (χ0) is 17.2. The third-order valence-electron chi connectivity index (χ3n) is 2.94. The Bertz CT molecular complexity index is 548. The van der Waals surface area contributed by atoms with E-state index < -0.39 is 5.97 Å². The fourth-order valence-corrected chi connectivity index (χ4v) is 2.35. The van der Waals surface area contributed by atoms with Crippen molar-refractivity contribution in [1.29, 1.82) is 0 Å². The highest BCUT2D eigenvalue weighted by Gasteiger charge is 2.17. The van der Waals surface area contributed by atoms with Gasteiger partial charge in [-0.1, -0.05) is 13.3 Å². The van der Waals surface area contributed by atoms with Gasteiger partial charge in [-0.25, -0.2) is 4.79 Å². The van der Waals surface area contributed by atoms with Gasteiger partial charge in [0.05, 0.1) is 23.8 Å². The summed E-state index contributed by atoms with van der Waals surface area (Å²) < 4.78 is 16.3. The van der Waals surface area contributed by atoms with E-state index in [0.29, 0.717) is 29.1 Å². The second-order valence-corrected chi connectivity index (χ2v) is 5.56. The van der Waals surface area contributed by atoms with Crippen LogP contribution in [0, 0.1) is 0 Å². The van der Waals surface area contributed by atoms with E-state index in [1.54, 1.807) is 6.07 Å². The van der Waals surface area contributed by atoms with Crippen molar-refractivity contribution in [2.45, 2.75) is 26.7 Å². The lowest BCUT2D eigenvalue weighted by atomic mass is 10.2. The van der Waals surface area contributed by atoms with Crippen molar-refractivity contribution in [1.82, 2.24) is 5.32 Å². The molecule has 0 unspecified atom stereocenters. The highest BCUT2D eigenvalue weighted by Crippen LogP contribution is 2.36. The van der Waals surface area contributed by atoms with Gasteiger partial charge in [-0.15, -0.1) is 0 Å². The minimum absolute atomic E-state index is 0.276. The summed E-state index contributed by atoms with van der Waals surface area (Å²) in [7, 11) is 1.49. The molecule has 0 aliphatic carbocycles. The molecule has 0 bridgehead atoms. The lowest BCUT2D eigenvalue weighted by Gasteiger charge is -2.13. The van der Waals surface area contributed by atoms with Crippen LogP contribution >= 0.6 is 15.9 Å². The number of hydrogen-bond donors (Lipinski definition) is 1. The maximum absolute atomic E-state index is 12.0. The van der Waals surface area contributed by atoms with Crippen LogP contribution in [0.2, 0.25) is 0 Å². The van der Waals surface area contributed by atoms with E-state index in [-0.39, 0.29) is 18.1 Å². The lowest BCUT2D eigenvalue weighted by molar-refractivity contribution is -0.124. The largest absolute Gasteiger partial charge is 0.493 e. The third kappa shape index (κ3) is 6.09. The van der Waals surface area contributed by atoms with Crippen LogP contribution in [-0.2, 0) is 9.53 Å². The molecule has 7 heteroatoms. The SMILES string of the molecule is CCCCNC(=O)COC(=O)c1cc(Br)c(OCC)c(OC)c1. The van der Waals surface area contributed by atoms with Crippen LogP contribution in [0.25, 0.3) is 0 Å². The van der Waals surface area contributed by atoms with Gasteiger partial charge in [0, 0.05) is 6.54 Å². The molecule has 1 aromatic carbocycles. The number of carbonyl (C=O) groups excluding carboxylic acids is 2. The molecule has 0 fully saturated rings. The van der Waals surface area contributed by atoms with Gasteiger partial charge >= 0.3 is 5.97 Å². The normalized spacial score (nSPS) is 10.1. The maximum Gasteiger partial charge on any atom is 0.338 e. The Labute approximate surface area is 144 Å². The van der Waals surface area contributed by atoms with E-state index in [1.807, 2.05) is 13.8 Å². The summed E-state index contributed by atoms with van der Waals surface area (Å²) in [4.78, 5) is 23.6. The number of rotatable bonds is 9. The predicted octanol–water partition coefficient (Wildman–Crippen LogP) is 2.93. The van der Waals surface area contributed by atoms with Gasteiger partial charge < -0.3 is 19.5 Å². The van der Waals surface area contributed by atoms with Gasteiger partial charge in [0.1, 0.15) is 0 Å². The summed E-state index contributed by atoms with van der Waals surface area (Å²) in [5, 5.41) is 2.68. The first-order chi connectivity index (χ1) is 11.0. The van der Waals surface area contributed by atoms with E-state index in [4.69, 9.17) is 14.2 Å². The number of ether oxygens (including phenoxy) is 3. The van der Waals surface area contributed by atoms with Crippen LogP contribution in [0.1, 0.15) is 37.0 Å². The molecule has 1 aromatic rings. The molecule has 0 aromatic heterocycles. The van der Waals surface area contributed by atoms with Gasteiger partial charge in [0.25, 0.3) is 5.91 Å². The van der Waals surface area contributed by atoms with Crippen LogP contribution < -0.4 is 14.8 Å². The number of halogens is 1. The van der Waals surface area contributed by atoms with Crippen molar-refractivity contribution in [2.75, 3.05) is 26.9 Å². The van der Waals surface area contributed by atoms with Gasteiger partial charge in [0.2, 0.25) is 0 Å². The maximum atomic E-state index is 12.0. The fourth-order valence-electron chi connectivity index (χ4n) is 1.79. The molecule has 0 spiro atoms. The molecule has 1 N–H and O–H groups in total. The number of amides is 1. The summed E-state index contributed by atoms with van der Waals surface area (Å²) in [6, 6.07) is 3.10. The third-order valence-corrected chi connectivity index (χ3v) is 3.53. The number of unbranched alkanes of at least 4 members (excludes halogenated alkanes) is 1. The predicted molar refractivity (Wildman–Crippen MR) is 90.1 cm³/mol. The van der Waals surface area contributed by atoms with Crippen molar-refractivity contribution in [2.24, 2.45) is 0 Å². The summed E-state index contributed by atoms with van der Waals surface area (Å²) >= 11 is 3.34. The number of esters is 1. The summed E-state index contributed by atoms with van der Waals surface area (Å²) in [5.41, 5.74) is 0.276. The molecule has 0 aliphatic rings. The second-order valence-electron chi connectivity index (χ2n) is 4.70. The first kappa shape index (κ1) is 19.3. The van der Waals surface area contributed by atoms with Crippen LogP contribution in [-0.4, -0.2) is 38.7 Å². The molecular formula is C16H22BrNO5. The van der Waals surface area contributed by atoms with E-state index in [0.717, 1.165) is 12.8 Å². The molecular weight excluding hydrogens is 366 g/mol. The molecule has 128 valence electrons. The van der Waals surface area contributed by atoms with Gasteiger partial charge in [0.15, 0.2) is 18.1 Å². The lowest BCUT2D eigenvalue weighted by Crippen LogP contribution is -2.29. The van der Waals surface area contributed by atoms with Crippen LogP contribution in [0.4, 0.5) is 0 Å². The van der Waals surface area contributed by atoms with Gasteiger partial charge in [-0.3, -0.25) is 4.79 Å². The average Bonchev–Trinajstić information content (AvgIpc) is 2.54. The molecule has 1 amide bonds. The topological polar surface area (TPSA) is 73.9 Å². The standard InChI is InChI=1S/C16H22BrNO5/c1-4-6-7-18-14(19)10-23-16(20)11-8-12(17)15(22-5-2)13(9-11)21-3/h8-9H,4-7,10H2,1-3H3,(H,18,19). The quantitative estimate of drug-likeness (QED) is 0.520. The van der Waals surface area contributed by atoms with Crippen LogP contribution in [0.3, 0.4) is 0 Å². The van der Waals surface area contributed by atoms with Crippen molar-refractivity contribution in [3.8, 4) is 11.5 Å². The number of methoxy groups -OCH3 is 1. The van der Waals surface area contributed by atoms with Crippen LogP contribution in [0.5, 0.6) is 11.5 Å². The smallest absolute Gasteiger partial charge is 0.338 e. The Morgan fingerprint density at radius 2 is 2.00 bits per heavy atom. The number of hydrogen-bond acceptors (Lipinski definition) is 5. The monoisotopic (exact) mass is 387 g/mol. The van der Waals surface area contributed by atoms with Gasteiger partial charge in [-0.2, -0.15) is 0 Å². The second kappa shape index (κ2) is 10.1. The van der Waals surface area contributed by atoms with E-state index in [2.05, 4.69) is 21.2 Å². The van der Waals surface area contributed by atoms with Crippen LogP contribution in [0.15, 0.2) is 16.6 Å². The van der Waals surface area contributed by atoms with E-state index >= 15 is 0 Å². The Morgan fingerprint density at radius 1 is 1.26 bits per heavy atom. The highest BCUT2D eigenvalue weighted by atomic mass is 79.9. The molecule has 0 heterocycles. The Kier molecular flexibility index (Phi) is 8.47. The zero-order valence-electron chi connectivity index (χ0n) is 13.6. The fraction of sp³-hybridized carbons (Fsp3) is 0.500. The minimum Gasteiger partial charge on any atom is -0.493 e. The van der Waals surface area contributed by atoms with Gasteiger partial charge in [-0.05, 0) is 41.4 Å². The molecule has 6 nitrogen and oxygen atoms in total. The highest BCUT2D eigenvalue weighted by molar-refractivity contribution is 9.10. The zero-order valence-corrected chi connectivity index (χ0v) is 15.2. The van der Waals surface area contributed by atoms with Crippen molar-refractivity contribution in [3.63, 3.8) is 0 Å². The van der Waals surface area contributed by atoms with Crippen molar-refractivity contribution >= 4 is 27.8 Å². The molecule has 0 radical (unpaired) electrons. The number of carbonyl (C=O) groups is 2. The molecule has 0 aliphatic heterocycles. The molecule has 0 atom stereocenters. The summed E-state index contributed by atoms with van der Waals surface area (Å²) in [6.07, 6.45) is 1.88. The first-order valence-corrected chi connectivity index (χ1v) is 8.26. The average molecular weight is 388 g/mol. The molecule has 0 saturated heterocycles. The number of benzene rings is 1. The number of nitrogens with one attached hydrogen (secondary N) is 1. The van der Waals surface area contributed by atoms with Crippen molar-refractivity contribution in [3.05, 3.63) is 22.2 Å². The summed E-state index contributed by atoms with van der Waals surface area (Å²) in [5.74, 6) is 0.0193. The molecule has 23 heavy (non-hydrogen) atoms. The summed E-state index contributed by atoms with van der Waals surface area (Å²) in [6.45, 7) is 4.62. The van der Waals surface area contributed by atoms with E-state index in [9.17, 15) is 9.59 Å². The van der Waals surface area contributed by atoms with E-state index in [1.165, 1.54) is 13.2 Å².